The molecule has 126 valence electrons. The first kappa shape index (κ1) is 17.6. The van der Waals surface area contributed by atoms with Gasteiger partial charge in [0.25, 0.3) is 5.91 Å². The number of primary amides is 1. The second-order valence-electron chi connectivity index (χ2n) is 5.63. The zero-order chi connectivity index (χ0) is 17.0. The average molecular weight is 340 g/mol. The van der Waals surface area contributed by atoms with Crippen LogP contribution in [0.15, 0.2) is 24.3 Å². The Morgan fingerprint density at radius 3 is 2.35 bits per heavy atom. The van der Waals surface area contributed by atoms with Gasteiger partial charge in [-0.2, -0.15) is 0 Å². The number of para-hydroxylation sites is 1. The van der Waals surface area contributed by atoms with Crippen LogP contribution in [0, 0.1) is 0 Å². The highest BCUT2D eigenvalue weighted by atomic mass is 35.5. The molecule has 7 heteroatoms. The third kappa shape index (κ3) is 4.36. The summed E-state index contributed by atoms with van der Waals surface area (Å²) in [5.74, 6) is 0.0625. The molecule has 1 aromatic carbocycles. The highest BCUT2D eigenvalue weighted by molar-refractivity contribution is 6.32. The normalized spacial score (nSPS) is 18.3. The number of rotatable bonds is 5. The Labute approximate surface area is 141 Å². The quantitative estimate of drug-likeness (QED) is 0.872. The number of halogens is 1. The van der Waals surface area contributed by atoms with Crippen LogP contribution in [-0.4, -0.2) is 59.9 Å². The SMILES string of the molecule is C[C@H](C(N)=O)N1CCN(C(=O)[C@@H](C)Oc2ccccc2Cl)CC1. The van der Waals surface area contributed by atoms with Gasteiger partial charge in [0.05, 0.1) is 11.1 Å². The number of nitrogens with zero attached hydrogens (tertiary/aromatic N) is 2. The molecular weight excluding hydrogens is 318 g/mol. The van der Waals surface area contributed by atoms with Gasteiger partial charge in [0.2, 0.25) is 5.91 Å². The molecular formula is C16H22ClN3O3. The van der Waals surface area contributed by atoms with E-state index in [0.29, 0.717) is 37.0 Å². The summed E-state index contributed by atoms with van der Waals surface area (Å²) in [6.45, 7) is 5.83. The van der Waals surface area contributed by atoms with E-state index in [9.17, 15) is 9.59 Å². The Morgan fingerprint density at radius 1 is 1.17 bits per heavy atom. The van der Waals surface area contributed by atoms with Crippen molar-refractivity contribution in [2.24, 2.45) is 5.73 Å². The molecule has 0 radical (unpaired) electrons. The number of carbonyl (C=O) groups excluding carboxylic acids is 2. The van der Waals surface area contributed by atoms with Crippen molar-refractivity contribution in [1.29, 1.82) is 0 Å². The lowest BCUT2D eigenvalue weighted by Gasteiger charge is -2.37. The summed E-state index contributed by atoms with van der Waals surface area (Å²) in [5, 5.41) is 0.479. The molecule has 0 bridgehead atoms. The van der Waals surface area contributed by atoms with Gasteiger partial charge in [0.1, 0.15) is 5.75 Å². The topological polar surface area (TPSA) is 75.9 Å². The number of benzene rings is 1. The molecule has 2 amide bonds. The Bertz CT molecular complexity index is 573. The molecule has 2 N–H and O–H groups in total. The van der Waals surface area contributed by atoms with Crippen LogP contribution in [0.1, 0.15) is 13.8 Å². The smallest absolute Gasteiger partial charge is 0.263 e. The number of nitrogens with two attached hydrogens (primary N) is 1. The fourth-order valence-electron chi connectivity index (χ4n) is 2.55. The van der Waals surface area contributed by atoms with Gasteiger partial charge in [0, 0.05) is 26.2 Å². The van der Waals surface area contributed by atoms with Crippen molar-refractivity contribution in [2.75, 3.05) is 26.2 Å². The van der Waals surface area contributed by atoms with E-state index in [1.54, 1.807) is 36.9 Å². The third-order valence-electron chi connectivity index (χ3n) is 4.07. The lowest BCUT2D eigenvalue weighted by Crippen LogP contribution is -2.56. The molecule has 1 aromatic rings. The molecule has 6 nitrogen and oxygen atoms in total. The molecule has 0 aliphatic carbocycles. The molecule has 1 aliphatic heterocycles. The zero-order valence-corrected chi connectivity index (χ0v) is 14.1. The third-order valence-corrected chi connectivity index (χ3v) is 4.39. The first-order valence-corrected chi connectivity index (χ1v) is 8.01. The highest BCUT2D eigenvalue weighted by Crippen LogP contribution is 2.24. The number of ether oxygens (including phenoxy) is 1. The minimum Gasteiger partial charge on any atom is -0.479 e. The number of carbonyl (C=O) groups is 2. The maximum absolute atomic E-state index is 12.5. The molecule has 0 saturated carbocycles. The van der Waals surface area contributed by atoms with E-state index in [4.69, 9.17) is 22.1 Å². The lowest BCUT2D eigenvalue weighted by atomic mass is 10.2. The Kier molecular flexibility index (Phi) is 5.85. The summed E-state index contributed by atoms with van der Waals surface area (Å²) in [4.78, 5) is 27.4. The van der Waals surface area contributed by atoms with E-state index in [-0.39, 0.29) is 17.9 Å². The Hall–Kier alpha value is -1.79. The van der Waals surface area contributed by atoms with Crippen molar-refractivity contribution in [3.05, 3.63) is 29.3 Å². The fraction of sp³-hybridized carbons (Fsp3) is 0.500. The maximum Gasteiger partial charge on any atom is 0.263 e. The van der Waals surface area contributed by atoms with Gasteiger partial charge in [-0.05, 0) is 26.0 Å². The molecule has 0 unspecified atom stereocenters. The number of piperazine rings is 1. The molecule has 0 aromatic heterocycles. The molecule has 0 spiro atoms. The predicted octanol–water partition coefficient (Wildman–Crippen LogP) is 1.13. The van der Waals surface area contributed by atoms with Crippen LogP contribution in [0.4, 0.5) is 0 Å². The number of hydrogen-bond acceptors (Lipinski definition) is 4. The minimum absolute atomic E-state index is 0.0868. The van der Waals surface area contributed by atoms with Crippen molar-refractivity contribution in [3.63, 3.8) is 0 Å². The lowest BCUT2D eigenvalue weighted by molar-refractivity contribution is -0.140. The zero-order valence-electron chi connectivity index (χ0n) is 13.4. The second kappa shape index (κ2) is 7.66. The summed E-state index contributed by atoms with van der Waals surface area (Å²) < 4.78 is 5.66. The van der Waals surface area contributed by atoms with Crippen molar-refractivity contribution >= 4 is 23.4 Å². The molecule has 1 fully saturated rings. The molecule has 2 rings (SSSR count). The summed E-state index contributed by atoms with van der Waals surface area (Å²) in [7, 11) is 0. The van der Waals surface area contributed by atoms with E-state index in [0.717, 1.165) is 0 Å². The number of hydrogen-bond donors (Lipinski definition) is 1. The van der Waals surface area contributed by atoms with E-state index < -0.39 is 6.10 Å². The molecule has 23 heavy (non-hydrogen) atoms. The molecule has 2 atom stereocenters. The largest absolute Gasteiger partial charge is 0.479 e. The van der Waals surface area contributed by atoms with Gasteiger partial charge in [-0.25, -0.2) is 0 Å². The van der Waals surface area contributed by atoms with Gasteiger partial charge in [-0.15, -0.1) is 0 Å². The van der Waals surface area contributed by atoms with Gasteiger partial charge in [-0.1, -0.05) is 23.7 Å². The van der Waals surface area contributed by atoms with E-state index in [1.165, 1.54) is 0 Å². The van der Waals surface area contributed by atoms with Crippen LogP contribution in [-0.2, 0) is 9.59 Å². The van der Waals surface area contributed by atoms with Gasteiger partial charge >= 0.3 is 0 Å². The first-order valence-electron chi connectivity index (χ1n) is 7.63. The Balaban J connectivity index is 1.89. The van der Waals surface area contributed by atoms with Gasteiger partial charge in [0.15, 0.2) is 6.10 Å². The van der Waals surface area contributed by atoms with Crippen molar-refractivity contribution in [3.8, 4) is 5.75 Å². The van der Waals surface area contributed by atoms with Gasteiger partial charge < -0.3 is 15.4 Å². The summed E-state index contributed by atoms with van der Waals surface area (Å²) in [6, 6.07) is 6.75. The molecule has 1 saturated heterocycles. The summed E-state index contributed by atoms with van der Waals surface area (Å²) in [6.07, 6.45) is -0.616. The Morgan fingerprint density at radius 2 is 1.78 bits per heavy atom. The maximum atomic E-state index is 12.5. The van der Waals surface area contributed by atoms with Crippen LogP contribution < -0.4 is 10.5 Å². The van der Waals surface area contributed by atoms with Crippen molar-refractivity contribution < 1.29 is 14.3 Å². The van der Waals surface area contributed by atoms with Crippen LogP contribution in [0.25, 0.3) is 0 Å². The molecule has 1 aliphatic rings. The summed E-state index contributed by atoms with van der Waals surface area (Å²) in [5.41, 5.74) is 5.32. The van der Waals surface area contributed by atoms with Crippen LogP contribution in [0.2, 0.25) is 5.02 Å². The standard InChI is InChI=1S/C16H22ClN3O3/c1-11(15(18)21)19-7-9-20(10-8-19)16(22)12(2)23-14-6-4-3-5-13(14)17/h3-6,11-12H,7-10H2,1-2H3,(H2,18,21)/t11-,12-/m1/s1. The van der Waals surface area contributed by atoms with E-state index in [2.05, 4.69) is 0 Å². The van der Waals surface area contributed by atoms with Crippen molar-refractivity contribution in [2.45, 2.75) is 26.0 Å². The summed E-state index contributed by atoms with van der Waals surface area (Å²) >= 11 is 6.04. The average Bonchev–Trinajstić information content (AvgIpc) is 2.55. The van der Waals surface area contributed by atoms with Crippen molar-refractivity contribution in [1.82, 2.24) is 9.80 Å². The van der Waals surface area contributed by atoms with Crippen LogP contribution in [0.5, 0.6) is 5.75 Å². The van der Waals surface area contributed by atoms with Crippen LogP contribution in [0.3, 0.4) is 0 Å². The predicted molar refractivity (Wildman–Crippen MR) is 88.4 cm³/mol. The van der Waals surface area contributed by atoms with Crippen LogP contribution >= 0.6 is 11.6 Å². The number of amides is 2. The first-order chi connectivity index (χ1) is 10.9. The second-order valence-corrected chi connectivity index (χ2v) is 6.04. The highest BCUT2D eigenvalue weighted by Gasteiger charge is 2.29. The minimum atomic E-state index is -0.616. The van der Waals surface area contributed by atoms with E-state index >= 15 is 0 Å². The molecule has 1 heterocycles. The fourth-order valence-corrected chi connectivity index (χ4v) is 2.73. The van der Waals surface area contributed by atoms with Gasteiger partial charge in [-0.3, -0.25) is 14.5 Å². The monoisotopic (exact) mass is 339 g/mol. The van der Waals surface area contributed by atoms with E-state index in [1.807, 2.05) is 11.0 Å².